The molecule has 0 amide bonds. The van der Waals surface area contributed by atoms with E-state index in [0.717, 1.165) is 0 Å². The lowest BCUT2D eigenvalue weighted by Crippen LogP contribution is -2.36. The summed E-state index contributed by atoms with van der Waals surface area (Å²) in [5, 5.41) is 10.2. The Kier molecular flexibility index (Phi) is 5.02. The third kappa shape index (κ3) is 3.68. The van der Waals surface area contributed by atoms with E-state index in [-0.39, 0.29) is 16.1 Å². The second-order valence-corrected chi connectivity index (χ2v) is 5.79. The second-order valence-electron chi connectivity index (χ2n) is 5.35. The molecule has 122 valence electrons. The van der Waals surface area contributed by atoms with E-state index in [1.807, 2.05) is 0 Å². The van der Waals surface area contributed by atoms with Crippen LogP contribution in [0.25, 0.3) is 0 Å². The molecule has 0 bridgehead atoms. The Morgan fingerprint density at radius 2 is 1.83 bits per heavy atom. The van der Waals surface area contributed by atoms with Gasteiger partial charge in [-0.15, -0.1) is 0 Å². The van der Waals surface area contributed by atoms with Crippen molar-refractivity contribution in [2.24, 2.45) is 0 Å². The highest BCUT2D eigenvalue weighted by Gasteiger charge is 2.47. The number of hydrogen-bond acceptors (Lipinski definition) is 3. The van der Waals surface area contributed by atoms with E-state index in [4.69, 9.17) is 11.6 Å². The molecule has 1 N–H and O–H groups in total. The summed E-state index contributed by atoms with van der Waals surface area (Å²) in [4.78, 5) is 13.9. The van der Waals surface area contributed by atoms with E-state index < -0.39 is 17.8 Å². The molecule has 0 aliphatic carbocycles. The number of carbonyl (C=O) groups excluding carboxylic acids is 1. The lowest BCUT2D eigenvalue weighted by atomic mass is 9.96. The van der Waals surface area contributed by atoms with Crippen molar-refractivity contribution < 1.29 is 18.7 Å². The third-order valence-corrected chi connectivity index (χ3v) is 3.67. The highest BCUT2D eigenvalue weighted by molar-refractivity contribution is 6.30. The van der Waals surface area contributed by atoms with Gasteiger partial charge >= 0.3 is 5.92 Å². The van der Waals surface area contributed by atoms with Crippen LogP contribution in [-0.2, 0) is 0 Å². The van der Waals surface area contributed by atoms with Crippen LogP contribution in [0.4, 0.5) is 14.5 Å². The first-order valence-electron chi connectivity index (χ1n) is 6.87. The van der Waals surface area contributed by atoms with Crippen LogP contribution in [0.1, 0.15) is 22.0 Å². The molecule has 2 aromatic rings. The summed E-state index contributed by atoms with van der Waals surface area (Å²) in [6.07, 6.45) is -2.27. The number of benzene rings is 2. The number of Topliss-reactive ketones (excluding diaryl/α,β-unsaturated/α-hetero) is 1. The Morgan fingerprint density at radius 3 is 2.43 bits per heavy atom. The van der Waals surface area contributed by atoms with Crippen molar-refractivity contribution in [1.82, 2.24) is 0 Å². The van der Waals surface area contributed by atoms with Crippen molar-refractivity contribution in [2.75, 3.05) is 19.0 Å². The van der Waals surface area contributed by atoms with Crippen LogP contribution < -0.4 is 4.90 Å². The van der Waals surface area contributed by atoms with Gasteiger partial charge in [0.2, 0.25) is 5.78 Å². The molecule has 6 heteroatoms. The van der Waals surface area contributed by atoms with Gasteiger partial charge in [0.15, 0.2) is 6.10 Å². The molecule has 1 atom stereocenters. The Balaban J connectivity index is 2.34. The molecule has 23 heavy (non-hydrogen) atoms. The minimum atomic E-state index is -3.96. The van der Waals surface area contributed by atoms with Crippen molar-refractivity contribution in [1.29, 1.82) is 0 Å². The molecule has 0 aliphatic rings. The summed E-state index contributed by atoms with van der Waals surface area (Å²) in [6.45, 7) is 0. The lowest BCUT2D eigenvalue weighted by Gasteiger charge is -2.22. The average Bonchev–Trinajstić information content (AvgIpc) is 2.53. The Morgan fingerprint density at radius 1 is 1.17 bits per heavy atom. The summed E-state index contributed by atoms with van der Waals surface area (Å²) in [5.41, 5.74) is 0.339. The molecule has 0 radical (unpaired) electrons. The van der Waals surface area contributed by atoms with Crippen molar-refractivity contribution in [3.05, 3.63) is 64.7 Å². The lowest BCUT2D eigenvalue weighted by molar-refractivity contribution is -0.0792. The summed E-state index contributed by atoms with van der Waals surface area (Å²) in [6, 6.07) is 11.3. The zero-order valence-electron chi connectivity index (χ0n) is 12.6. The molecule has 2 aromatic carbocycles. The van der Waals surface area contributed by atoms with Crippen LogP contribution in [0.15, 0.2) is 48.5 Å². The number of aliphatic hydroxyl groups is 1. The third-order valence-electron chi connectivity index (χ3n) is 3.44. The fourth-order valence-corrected chi connectivity index (χ4v) is 2.33. The largest absolute Gasteiger partial charge is 0.382 e. The van der Waals surface area contributed by atoms with Crippen LogP contribution in [0.5, 0.6) is 0 Å². The van der Waals surface area contributed by atoms with Gasteiger partial charge in [-0.2, -0.15) is 8.78 Å². The van der Waals surface area contributed by atoms with Crippen LogP contribution >= 0.6 is 11.6 Å². The van der Waals surface area contributed by atoms with E-state index in [2.05, 4.69) is 0 Å². The van der Waals surface area contributed by atoms with Crippen LogP contribution in [0.2, 0.25) is 5.02 Å². The monoisotopic (exact) mass is 339 g/mol. The van der Waals surface area contributed by atoms with Gasteiger partial charge in [0.05, 0.1) is 0 Å². The van der Waals surface area contributed by atoms with Gasteiger partial charge in [-0.05, 0) is 29.8 Å². The van der Waals surface area contributed by atoms with Crippen molar-refractivity contribution in [3.8, 4) is 0 Å². The smallest absolute Gasteiger partial charge is 0.339 e. The molecule has 0 heterocycles. The minimum Gasteiger partial charge on any atom is -0.382 e. The predicted molar refractivity (Wildman–Crippen MR) is 86.5 cm³/mol. The highest BCUT2D eigenvalue weighted by Crippen LogP contribution is 2.35. The number of nitrogens with zero attached hydrogens (tertiary/aromatic N) is 1. The maximum Gasteiger partial charge on any atom is 0.339 e. The number of halogens is 3. The summed E-state index contributed by atoms with van der Waals surface area (Å²) >= 11 is 5.74. The molecule has 0 aliphatic heterocycles. The molecule has 3 nitrogen and oxygen atoms in total. The van der Waals surface area contributed by atoms with Gasteiger partial charge in [0.25, 0.3) is 0 Å². The van der Waals surface area contributed by atoms with E-state index in [1.165, 1.54) is 42.5 Å². The standard InChI is InChI=1S/C17H16ClF2NO2/c1-21(2)14-8-4-6-12(10-14)16(23)17(19,20)15(22)11-5-3-7-13(18)9-11/h3-10,15,22H,1-2H3/t15-/m0/s1. The van der Waals surface area contributed by atoms with Crippen molar-refractivity contribution >= 4 is 23.1 Å². The number of aliphatic hydroxyl groups excluding tert-OH is 1. The van der Waals surface area contributed by atoms with E-state index in [0.29, 0.717) is 5.69 Å². The quantitative estimate of drug-likeness (QED) is 0.838. The zero-order valence-corrected chi connectivity index (χ0v) is 13.4. The van der Waals surface area contributed by atoms with Gasteiger partial charge in [0, 0.05) is 30.4 Å². The first-order valence-corrected chi connectivity index (χ1v) is 7.25. The van der Waals surface area contributed by atoms with E-state index >= 15 is 0 Å². The van der Waals surface area contributed by atoms with Crippen LogP contribution in [0.3, 0.4) is 0 Å². The van der Waals surface area contributed by atoms with Gasteiger partial charge < -0.3 is 10.0 Å². The van der Waals surface area contributed by atoms with Gasteiger partial charge in [-0.25, -0.2) is 0 Å². The Labute approximate surface area is 138 Å². The number of anilines is 1. The van der Waals surface area contributed by atoms with E-state index in [1.54, 1.807) is 25.1 Å². The number of hydrogen-bond donors (Lipinski definition) is 1. The van der Waals surface area contributed by atoms with Crippen molar-refractivity contribution in [2.45, 2.75) is 12.0 Å². The average molecular weight is 340 g/mol. The Hall–Kier alpha value is -1.98. The second kappa shape index (κ2) is 6.64. The van der Waals surface area contributed by atoms with Gasteiger partial charge in [0.1, 0.15) is 0 Å². The number of carbonyl (C=O) groups is 1. The molecular weight excluding hydrogens is 324 g/mol. The molecular formula is C17H16ClF2NO2. The molecule has 0 unspecified atom stereocenters. The minimum absolute atomic E-state index is 0.111. The van der Waals surface area contributed by atoms with E-state index in [9.17, 15) is 18.7 Å². The number of rotatable bonds is 5. The SMILES string of the molecule is CN(C)c1cccc(C(=O)C(F)(F)[C@@H](O)c2cccc(Cl)c2)c1. The number of ketones is 1. The summed E-state index contributed by atoms with van der Waals surface area (Å²) < 4.78 is 28.8. The molecule has 2 rings (SSSR count). The predicted octanol–water partition coefficient (Wildman–Crippen LogP) is 3.96. The molecule has 0 spiro atoms. The normalized spacial score (nSPS) is 12.8. The Bertz CT molecular complexity index is 719. The summed E-state index contributed by atoms with van der Waals surface area (Å²) in [7, 11) is 3.48. The fourth-order valence-electron chi connectivity index (χ4n) is 2.13. The fraction of sp³-hybridized carbons (Fsp3) is 0.235. The van der Waals surface area contributed by atoms with Crippen LogP contribution in [-0.4, -0.2) is 30.9 Å². The van der Waals surface area contributed by atoms with Gasteiger partial charge in [-0.1, -0.05) is 35.9 Å². The van der Waals surface area contributed by atoms with Gasteiger partial charge in [-0.3, -0.25) is 4.79 Å². The van der Waals surface area contributed by atoms with Crippen molar-refractivity contribution in [3.63, 3.8) is 0 Å². The maximum absolute atomic E-state index is 14.4. The topological polar surface area (TPSA) is 40.5 Å². The molecule has 0 fully saturated rings. The first kappa shape index (κ1) is 17.4. The zero-order chi connectivity index (χ0) is 17.2. The van der Waals surface area contributed by atoms with Crippen LogP contribution in [0, 0.1) is 0 Å². The maximum atomic E-state index is 14.4. The molecule has 0 saturated heterocycles. The highest BCUT2D eigenvalue weighted by atomic mass is 35.5. The molecule has 0 saturated carbocycles. The summed E-state index contributed by atoms with van der Waals surface area (Å²) in [5.74, 6) is -5.40. The first-order chi connectivity index (χ1) is 10.7. The molecule has 0 aromatic heterocycles. The number of alkyl halides is 2.